The van der Waals surface area contributed by atoms with E-state index in [4.69, 9.17) is 9.47 Å². The van der Waals surface area contributed by atoms with Crippen LogP contribution in [0, 0.1) is 0 Å². The molecular weight excluding hydrogens is 404 g/mol. The number of nitrogens with one attached hydrogen (secondary N) is 1. The van der Waals surface area contributed by atoms with Crippen LogP contribution in [0.2, 0.25) is 0 Å². The molecule has 2 bridgehead atoms. The number of nitrogens with zero attached hydrogens (tertiary/aromatic N) is 1. The second-order valence-corrected chi connectivity index (χ2v) is 10.0. The molecule has 0 aromatic heterocycles. The highest BCUT2D eigenvalue weighted by Crippen LogP contribution is 2.38. The zero-order valence-corrected chi connectivity index (χ0v) is 18.0. The van der Waals surface area contributed by atoms with E-state index in [0.717, 1.165) is 42.4 Å². The lowest BCUT2D eigenvalue weighted by atomic mass is 9.82. The van der Waals surface area contributed by atoms with E-state index in [9.17, 15) is 13.2 Å². The summed E-state index contributed by atoms with van der Waals surface area (Å²) in [6.07, 6.45) is 5.42. The van der Waals surface area contributed by atoms with Crippen molar-refractivity contribution in [1.82, 2.24) is 9.62 Å². The Bertz CT molecular complexity index is 879. The van der Waals surface area contributed by atoms with E-state index in [0.29, 0.717) is 31.9 Å². The van der Waals surface area contributed by atoms with E-state index in [-0.39, 0.29) is 24.7 Å². The third-order valence-corrected chi connectivity index (χ3v) is 7.59. The van der Waals surface area contributed by atoms with Crippen molar-refractivity contribution in [3.8, 4) is 5.75 Å². The number of carbonyl (C=O) groups is 1. The smallest absolute Gasteiger partial charge is 0.260 e. The summed E-state index contributed by atoms with van der Waals surface area (Å²) < 4.78 is 39.1. The van der Waals surface area contributed by atoms with Crippen molar-refractivity contribution in [3.63, 3.8) is 0 Å². The Balaban J connectivity index is 1.61. The Kier molecular flexibility index (Phi) is 6.46. The van der Waals surface area contributed by atoms with Gasteiger partial charge in [0.1, 0.15) is 5.75 Å². The monoisotopic (exact) mass is 434 g/mol. The number of ether oxygens (including phenoxy) is 2. The van der Waals surface area contributed by atoms with E-state index in [2.05, 4.69) is 17.4 Å². The maximum atomic E-state index is 13.1. The molecule has 2 fully saturated rings. The van der Waals surface area contributed by atoms with Gasteiger partial charge in [-0.2, -0.15) is 0 Å². The Labute approximate surface area is 178 Å². The van der Waals surface area contributed by atoms with Crippen LogP contribution >= 0.6 is 0 Å². The normalized spacial score (nSPS) is 30.1. The zero-order valence-electron chi connectivity index (χ0n) is 17.2. The molecule has 2 atom stereocenters. The second kappa shape index (κ2) is 9.08. The Hall–Kier alpha value is -1.90. The average molecular weight is 435 g/mol. The maximum absolute atomic E-state index is 13.1. The molecular formula is C22H30N2O5S. The Morgan fingerprint density at radius 1 is 1.13 bits per heavy atom. The van der Waals surface area contributed by atoms with Crippen LogP contribution < -0.4 is 9.46 Å². The first-order chi connectivity index (χ1) is 14.5. The van der Waals surface area contributed by atoms with Crippen molar-refractivity contribution in [2.24, 2.45) is 0 Å². The second-order valence-electron chi connectivity index (χ2n) is 8.37. The molecule has 1 unspecified atom stereocenters. The quantitative estimate of drug-likeness (QED) is 0.790. The molecule has 3 aliphatic heterocycles. The number of hydrogen-bond donors (Lipinski definition) is 1. The van der Waals surface area contributed by atoms with E-state index in [1.54, 1.807) is 4.90 Å². The fraction of sp³-hybridized carbons (Fsp3) is 0.591. The Morgan fingerprint density at radius 2 is 1.90 bits per heavy atom. The van der Waals surface area contributed by atoms with Gasteiger partial charge in [-0.15, -0.1) is 0 Å². The number of carbonyl (C=O) groups excluding carboxylic acids is 1. The number of piperidine rings is 1. The first-order valence-corrected chi connectivity index (χ1v) is 12.3. The van der Waals surface area contributed by atoms with Crippen LogP contribution in [0.3, 0.4) is 0 Å². The molecule has 5 rings (SSSR count). The Morgan fingerprint density at radius 3 is 2.67 bits per heavy atom. The molecule has 1 aromatic rings. The third-order valence-electron chi connectivity index (χ3n) is 6.52. The highest BCUT2D eigenvalue weighted by atomic mass is 32.2. The summed E-state index contributed by atoms with van der Waals surface area (Å²) in [4.78, 5) is 14.8. The molecule has 30 heavy (non-hydrogen) atoms. The van der Waals surface area contributed by atoms with Gasteiger partial charge in [0.15, 0.2) is 6.61 Å². The minimum absolute atomic E-state index is 0.0649. The number of fused-ring (bicyclic) bond motifs is 5. The molecule has 1 saturated carbocycles. The van der Waals surface area contributed by atoms with E-state index in [1.165, 1.54) is 0 Å². The van der Waals surface area contributed by atoms with Crippen LogP contribution in [0.25, 0.3) is 0 Å². The van der Waals surface area contributed by atoms with Crippen LogP contribution in [0.15, 0.2) is 36.3 Å². The summed E-state index contributed by atoms with van der Waals surface area (Å²) in [6.45, 7) is 4.20. The molecule has 164 valence electrons. The van der Waals surface area contributed by atoms with Crippen molar-refractivity contribution in [1.29, 1.82) is 0 Å². The molecule has 7 nitrogen and oxygen atoms in total. The van der Waals surface area contributed by atoms with Crippen LogP contribution in [0.5, 0.6) is 5.75 Å². The number of hydrogen-bond acceptors (Lipinski definition) is 5. The van der Waals surface area contributed by atoms with Gasteiger partial charge >= 0.3 is 0 Å². The van der Waals surface area contributed by atoms with Crippen molar-refractivity contribution in [2.45, 2.75) is 62.6 Å². The van der Waals surface area contributed by atoms with E-state index in [1.807, 2.05) is 18.2 Å². The van der Waals surface area contributed by atoms with E-state index >= 15 is 0 Å². The van der Waals surface area contributed by atoms with Crippen LogP contribution in [0.4, 0.5) is 0 Å². The molecule has 4 aliphatic rings. The number of para-hydroxylation sites is 1. The number of amides is 1. The van der Waals surface area contributed by atoms with E-state index < -0.39 is 16.1 Å². The molecule has 1 aromatic carbocycles. The highest BCUT2D eigenvalue weighted by Gasteiger charge is 2.37. The molecule has 8 heteroatoms. The third kappa shape index (κ3) is 4.71. The summed E-state index contributed by atoms with van der Waals surface area (Å²) in [5, 5.41) is 0.912. The lowest BCUT2D eigenvalue weighted by Gasteiger charge is -2.41. The van der Waals surface area contributed by atoms with Crippen LogP contribution in [-0.4, -0.2) is 57.2 Å². The fourth-order valence-electron chi connectivity index (χ4n) is 4.92. The van der Waals surface area contributed by atoms with Gasteiger partial charge in [0.05, 0.1) is 18.8 Å². The maximum Gasteiger partial charge on any atom is 0.260 e. The van der Waals surface area contributed by atoms with Crippen molar-refractivity contribution >= 4 is 15.9 Å². The first-order valence-electron chi connectivity index (χ1n) is 10.7. The topological polar surface area (TPSA) is 84.9 Å². The van der Waals surface area contributed by atoms with Gasteiger partial charge in [0.2, 0.25) is 10.0 Å². The lowest BCUT2D eigenvalue weighted by Crippen LogP contribution is -2.59. The lowest BCUT2D eigenvalue weighted by molar-refractivity contribution is -0.140. The molecule has 1 aliphatic carbocycles. The van der Waals surface area contributed by atoms with Crippen LogP contribution in [0.1, 0.15) is 50.0 Å². The molecule has 0 spiro atoms. The number of rotatable bonds is 3. The van der Waals surface area contributed by atoms with Gasteiger partial charge < -0.3 is 14.4 Å². The van der Waals surface area contributed by atoms with Gasteiger partial charge in [0, 0.05) is 18.0 Å². The zero-order chi connectivity index (χ0) is 21.1. The van der Waals surface area contributed by atoms with Crippen molar-refractivity contribution < 1.29 is 22.7 Å². The van der Waals surface area contributed by atoms with Crippen molar-refractivity contribution in [3.05, 3.63) is 41.8 Å². The minimum atomic E-state index is -3.61. The predicted octanol–water partition coefficient (Wildman–Crippen LogP) is 2.54. The average Bonchev–Trinajstić information content (AvgIpc) is 2.78. The number of sulfonamides is 1. The summed E-state index contributed by atoms with van der Waals surface area (Å²) in [7, 11) is -3.61. The fourth-order valence-corrected chi connectivity index (χ4v) is 5.71. The van der Waals surface area contributed by atoms with Gasteiger partial charge in [-0.25, -0.2) is 13.1 Å². The van der Waals surface area contributed by atoms with Gasteiger partial charge in [-0.1, -0.05) is 24.8 Å². The van der Waals surface area contributed by atoms with Gasteiger partial charge in [0.25, 0.3) is 5.91 Å². The summed E-state index contributed by atoms with van der Waals surface area (Å²) in [5.41, 5.74) is 1.16. The molecule has 3 heterocycles. The highest BCUT2D eigenvalue weighted by molar-refractivity contribution is 7.92. The SMILES string of the molecule is C=CS(=O)(=O)N[C@H]1CCCN2C(=O)COc3ccccc3C3CCC(CC3)OCC12. The van der Waals surface area contributed by atoms with Gasteiger partial charge in [-0.3, -0.25) is 4.79 Å². The van der Waals surface area contributed by atoms with Crippen LogP contribution in [-0.2, 0) is 19.6 Å². The molecule has 1 saturated heterocycles. The largest absolute Gasteiger partial charge is 0.483 e. The molecule has 1 N–H and O–H groups in total. The number of benzene rings is 1. The summed E-state index contributed by atoms with van der Waals surface area (Å²) in [6, 6.07) is 7.20. The standard InChI is InChI=1S/C22H30N2O5S/c1-2-30(26,27)23-19-7-5-13-24-20(19)14-28-17-11-9-16(10-12-17)18-6-3-4-8-21(18)29-15-22(24)25/h2-4,6,8,16-17,19-20,23H,1,5,7,9-15H2/t16?,17?,19-,20?/m0/s1. The first kappa shape index (κ1) is 21.3. The summed E-state index contributed by atoms with van der Waals surface area (Å²) >= 11 is 0. The molecule has 0 radical (unpaired) electrons. The van der Waals surface area contributed by atoms with Crippen molar-refractivity contribution in [2.75, 3.05) is 19.8 Å². The summed E-state index contributed by atoms with van der Waals surface area (Å²) in [5.74, 6) is 1.03. The predicted molar refractivity (Wildman–Crippen MR) is 114 cm³/mol. The minimum Gasteiger partial charge on any atom is -0.483 e. The van der Waals surface area contributed by atoms with Gasteiger partial charge in [-0.05, 0) is 56.1 Å². The molecule has 1 amide bonds.